The van der Waals surface area contributed by atoms with E-state index in [0.717, 1.165) is 22.3 Å². The highest BCUT2D eigenvalue weighted by Gasteiger charge is 2.28. The Hall–Kier alpha value is -6.90. The highest BCUT2D eigenvalue weighted by Crippen LogP contribution is 2.43. The fourth-order valence-electron chi connectivity index (χ4n) is 5.67. The zero-order chi connectivity index (χ0) is 31.0. The number of nitrogens with zero attached hydrogens (tertiary/aromatic N) is 8. The van der Waals surface area contributed by atoms with Crippen LogP contribution in [0, 0.1) is 13.1 Å². The van der Waals surface area contributed by atoms with Crippen LogP contribution in [-0.4, -0.2) is 29.9 Å². The Morgan fingerprint density at radius 3 is 0.978 bits per heavy atom. The molecule has 0 N–H and O–H groups in total. The molecule has 0 amide bonds. The first-order valence-corrected chi connectivity index (χ1v) is 14.5. The molecule has 8 aromatic rings. The highest BCUT2D eigenvalue weighted by atomic mass is 15.0. The average molecular weight is 589 g/mol. The van der Waals surface area contributed by atoms with E-state index >= 15 is 0 Å². The third kappa shape index (κ3) is 4.38. The van der Waals surface area contributed by atoms with E-state index in [1.165, 1.54) is 0 Å². The van der Waals surface area contributed by atoms with E-state index in [2.05, 4.69) is 9.69 Å². The first kappa shape index (κ1) is 26.7. The molecule has 0 aliphatic heterocycles. The van der Waals surface area contributed by atoms with E-state index in [1.807, 2.05) is 121 Å². The summed E-state index contributed by atoms with van der Waals surface area (Å²) in [4.78, 5) is 37.2. The number of hydrogen-bond donors (Lipinski definition) is 0. The summed E-state index contributed by atoms with van der Waals surface area (Å²) in [7, 11) is 0. The third-order valence-corrected chi connectivity index (χ3v) is 7.75. The second-order valence-electron chi connectivity index (χ2n) is 10.5. The molecule has 3 aromatic heterocycles. The van der Waals surface area contributed by atoms with Crippen molar-refractivity contribution >= 4 is 44.5 Å². The van der Waals surface area contributed by atoms with Crippen LogP contribution in [0.15, 0.2) is 121 Å². The van der Waals surface area contributed by atoms with Crippen LogP contribution >= 0.6 is 0 Å². The molecule has 0 aliphatic rings. The SMILES string of the molecule is [C-]#[N+]c1nc2c(nc1[N+]#[C-])c1c(-c3ccccc3)nc(-c3ccccc3)nc1c1nc(-c3ccccc3)nc(-c3ccccc3)c12. The van der Waals surface area contributed by atoms with Gasteiger partial charge in [0.1, 0.15) is 11.0 Å². The summed E-state index contributed by atoms with van der Waals surface area (Å²) in [5.74, 6) is 0.865. The van der Waals surface area contributed by atoms with Gasteiger partial charge in [0.2, 0.25) is 11.0 Å². The van der Waals surface area contributed by atoms with Crippen molar-refractivity contribution in [3.05, 3.63) is 144 Å². The van der Waals surface area contributed by atoms with Crippen LogP contribution in [0.2, 0.25) is 0 Å². The van der Waals surface area contributed by atoms with Crippen molar-refractivity contribution in [3.8, 4) is 45.3 Å². The zero-order valence-electron chi connectivity index (χ0n) is 24.1. The van der Waals surface area contributed by atoms with Crippen LogP contribution in [0.5, 0.6) is 0 Å². The Bertz CT molecular complexity index is 2340. The number of rotatable bonds is 4. The standard InChI is InChI=1S/C38H20N8/c1-39-37-38(40-2)46-34-28-30(24-17-9-4-10-18-24)42-36(26-21-13-6-14-22-26)44-32(28)31-27(33(34)45-37)29(23-15-7-3-8-16-23)41-35(43-31)25-19-11-5-12-20-25/h3-22H. The maximum atomic E-state index is 7.82. The fourth-order valence-corrected chi connectivity index (χ4v) is 5.67. The molecule has 46 heavy (non-hydrogen) atoms. The van der Waals surface area contributed by atoms with E-state index in [4.69, 9.17) is 43.0 Å². The summed E-state index contributed by atoms with van der Waals surface area (Å²) < 4.78 is 0. The average Bonchev–Trinajstić information content (AvgIpc) is 3.14. The molecule has 0 bridgehead atoms. The molecule has 8 heteroatoms. The summed E-state index contributed by atoms with van der Waals surface area (Å²) in [6, 6.07) is 39.2. The quantitative estimate of drug-likeness (QED) is 0.150. The molecule has 212 valence electrons. The summed E-state index contributed by atoms with van der Waals surface area (Å²) in [5, 5.41) is 1.19. The molecule has 8 rings (SSSR count). The van der Waals surface area contributed by atoms with Gasteiger partial charge in [-0.25, -0.2) is 19.9 Å². The predicted octanol–water partition coefficient (Wildman–Crippen LogP) is 9.29. The summed E-state index contributed by atoms with van der Waals surface area (Å²) >= 11 is 0. The van der Waals surface area contributed by atoms with Crippen molar-refractivity contribution in [2.24, 2.45) is 0 Å². The molecule has 8 nitrogen and oxygen atoms in total. The van der Waals surface area contributed by atoms with Crippen LogP contribution in [0.3, 0.4) is 0 Å². The molecule has 0 saturated heterocycles. The maximum absolute atomic E-state index is 7.82. The first-order valence-electron chi connectivity index (χ1n) is 14.5. The van der Waals surface area contributed by atoms with Crippen LogP contribution in [-0.2, 0) is 0 Å². The monoisotopic (exact) mass is 588 g/mol. The molecule has 0 spiro atoms. The molecule has 0 saturated carbocycles. The normalized spacial score (nSPS) is 11.0. The molecule has 0 fully saturated rings. The molecule has 0 unspecified atom stereocenters. The largest absolute Gasteiger partial charge is 0.370 e. The lowest BCUT2D eigenvalue weighted by Crippen LogP contribution is -2.03. The van der Waals surface area contributed by atoms with Gasteiger partial charge in [0.25, 0.3) is 11.6 Å². The van der Waals surface area contributed by atoms with E-state index in [-0.39, 0.29) is 11.6 Å². The minimum Gasteiger partial charge on any atom is -0.370 e. The van der Waals surface area contributed by atoms with E-state index < -0.39 is 0 Å². The number of hydrogen-bond acceptors (Lipinski definition) is 6. The van der Waals surface area contributed by atoms with Crippen LogP contribution in [0.25, 0.3) is 87.8 Å². The third-order valence-electron chi connectivity index (χ3n) is 7.75. The van der Waals surface area contributed by atoms with Crippen LogP contribution in [0.4, 0.5) is 11.6 Å². The van der Waals surface area contributed by atoms with Crippen molar-refractivity contribution in [3.63, 3.8) is 0 Å². The summed E-state index contributed by atoms with van der Waals surface area (Å²) in [5.41, 5.74) is 6.53. The van der Waals surface area contributed by atoms with E-state index in [9.17, 15) is 0 Å². The minimum atomic E-state index is -0.0858. The van der Waals surface area contributed by atoms with E-state index in [0.29, 0.717) is 55.9 Å². The lowest BCUT2D eigenvalue weighted by atomic mass is 9.98. The van der Waals surface area contributed by atoms with Crippen molar-refractivity contribution in [2.75, 3.05) is 0 Å². The number of fused-ring (bicyclic) bond motifs is 6. The van der Waals surface area contributed by atoms with Gasteiger partial charge in [0.05, 0.1) is 22.2 Å². The Morgan fingerprint density at radius 1 is 0.348 bits per heavy atom. The van der Waals surface area contributed by atoms with Gasteiger partial charge in [-0.2, -0.15) is 0 Å². The van der Waals surface area contributed by atoms with Crippen molar-refractivity contribution in [2.45, 2.75) is 0 Å². The Morgan fingerprint density at radius 2 is 0.652 bits per heavy atom. The molecule has 0 atom stereocenters. The predicted molar refractivity (Wildman–Crippen MR) is 180 cm³/mol. The molecular formula is C38H20N8. The van der Waals surface area contributed by atoms with Gasteiger partial charge in [-0.3, -0.25) is 0 Å². The fraction of sp³-hybridized carbons (Fsp3) is 0. The van der Waals surface area contributed by atoms with Crippen molar-refractivity contribution < 1.29 is 0 Å². The van der Waals surface area contributed by atoms with Crippen LogP contribution in [0.1, 0.15) is 0 Å². The number of aromatic nitrogens is 6. The van der Waals surface area contributed by atoms with Gasteiger partial charge in [-0.05, 0) is 0 Å². The van der Waals surface area contributed by atoms with Gasteiger partial charge in [0, 0.05) is 22.3 Å². The molecule has 3 heterocycles. The number of benzene rings is 5. The molecular weight excluding hydrogens is 568 g/mol. The van der Waals surface area contributed by atoms with Gasteiger partial charge in [-0.15, -0.1) is 9.97 Å². The minimum absolute atomic E-state index is 0.0858. The van der Waals surface area contributed by atoms with Crippen molar-refractivity contribution in [1.82, 2.24) is 29.9 Å². The summed E-state index contributed by atoms with van der Waals surface area (Å²) in [6.45, 7) is 15.6. The van der Waals surface area contributed by atoms with Gasteiger partial charge in [0.15, 0.2) is 11.6 Å². The lowest BCUT2D eigenvalue weighted by molar-refractivity contribution is 1.21. The smallest absolute Gasteiger partial charge is 0.294 e. The maximum Gasteiger partial charge on any atom is 0.294 e. The lowest BCUT2D eigenvalue weighted by Gasteiger charge is -2.15. The Labute approximate surface area is 263 Å². The zero-order valence-corrected chi connectivity index (χ0v) is 24.1. The molecule has 0 radical (unpaired) electrons. The van der Waals surface area contributed by atoms with Gasteiger partial charge in [-0.1, -0.05) is 134 Å². The Balaban J connectivity index is 1.67. The van der Waals surface area contributed by atoms with Gasteiger partial charge < -0.3 is 9.69 Å². The topological polar surface area (TPSA) is 86.1 Å². The highest BCUT2D eigenvalue weighted by molar-refractivity contribution is 6.27. The molecule has 5 aromatic carbocycles. The molecule has 0 aliphatic carbocycles. The van der Waals surface area contributed by atoms with Crippen molar-refractivity contribution in [1.29, 1.82) is 0 Å². The second-order valence-corrected chi connectivity index (χ2v) is 10.5. The summed E-state index contributed by atoms with van der Waals surface area (Å²) in [6.07, 6.45) is 0. The second kappa shape index (κ2) is 11.0. The first-order chi connectivity index (χ1) is 22.7. The van der Waals surface area contributed by atoms with Crippen LogP contribution < -0.4 is 0 Å². The van der Waals surface area contributed by atoms with E-state index in [1.54, 1.807) is 0 Å². The Kier molecular flexibility index (Phi) is 6.38. The van der Waals surface area contributed by atoms with Gasteiger partial charge >= 0.3 is 0 Å².